The van der Waals surface area contributed by atoms with Crippen LogP contribution >= 0.6 is 0 Å². The summed E-state index contributed by atoms with van der Waals surface area (Å²) in [6, 6.07) is 14.0. The van der Waals surface area contributed by atoms with Crippen molar-refractivity contribution in [2.75, 3.05) is 53.6 Å². The van der Waals surface area contributed by atoms with Crippen LogP contribution in [0.3, 0.4) is 0 Å². The number of nitrogens with zero attached hydrogens (tertiary/aromatic N) is 3. The lowest BCUT2D eigenvalue weighted by Crippen LogP contribution is -2.34. The Kier molecular flexibility index (Phi) is 6.88. The van der Waals surface area contributed by atoms with E-state index in [0.29, 0.717) is 25.4 Å². The number of hydrogen-bond acceptors (Lipinski definition) is 4. The number of methoxy groups -OCH3 is 1. The van der Waals surface area contributed by atoms with Gasteiger partial charge in [-0.25, -0.2) is 0 Å². The maximum atomic E-state index is 13.2. The molecule has 0 saturated carbocycles. The van der Waals surface area contributed by atoms with E-state index in [0.717, 1.165) is 24.3 Å². The molecule has 1 saturated heterocycles. The van der Waals surface area contributed by atoms with Crippen LogP contribution < -0.4 is 0 Å². The number of rotatable bonds is 8. The van der Waals surface area contributed by atoms with E-state index in [-0.39, 0.29) is 24.3 Å². The lowest BCUT2D eigenvalue weighted by atomic mass is 9.96. The van der Waals surface area contributed by atoms with Gasteiger partial charge in [-0.05, 0) is 30.7 Å². The van der Waals surface area contributed by atoms with Gasteiger partial charge in [-0.15, -0.1) is 0 Å². The van der Waals surface area contributed by atoms with Gasteiger partial charge in [-0.1, -0.05) is 30.3 Å². The smallest absolute Gasteiger partial charge is 0.270 e. The summed E-state index contributed by atoms with van der Waals surface area (Å²) in [6.07, 6.45) is 0. The van der Waals surface area contributed by atoms with Gasteiger partial charge in [0.2, 0.25) is 0 Å². The number of aliphatic hydroxyl groups is 1. The Morgan fingerprint density at radius 2 is 1.89 bits per heavy atom. The third-order valence-electron chi connectivity index (χ3n) is 5.73. The molecule has 1 N–H and O–H groups in total. The first-order valence-electron chi connectivity index (χ1n) is 9.84. The number of hydrogen-bond donors (Lipinski definition) is 1. The number of carbonyl (C=O) groups excluding carboxylic acids is 1. The van der Waals surface area contributed by atoms with Crippen LogP contribution in [-0.4, -0.2) is 78.9 Å². The number of benzene rings is 1. The number of ether oxygens (including phenoxy) is 1. The van der Waals surface area contributed by atoms with Gasteiger partial charge in [-0.3, -0.25) is 4.79 Å². The molecule has 2 aromatic rings. The van der Waals surface area contributed by atoms with Gasteiger partial charge in [0.15, 0.2) is 0 Å². The highest BCUT2D eigenvalue weighted by molar-refractivity contribution is 5.94. The Morgan fingerprint density at radius 3 is 2.57 bits per heavy atom. The number of likely N-dealkylation sites (tertiary alicyclic amines) is 1. The van der Waals surface area contributed by atoms with Crippen LogP contribution in [0.4, 0.5) is 0 Å². The molecule has 1 aliphatic heterocycles. The molecular weight excluding hydrogens is 354 g/mol. The second-order valence-corrected chi connectivity index (χ2v) is 7.70. The summed E-state index contributed by atoms with van der Waals surface area (Å²) in [5.74, 6) is 0.414. The van der Waals surface area contributed by atoms with E-state index >= 15 is 0 Å². The highest BCUT2D eigenvalue weighted by atomic mass is 16.5. The quantitative estimate of drug-likeness (QED) is 0.755. The zero-order chi connectivity index (χ0) is 20.1. The molecular formula is C22H31N3O3. The molecule has 6 heteroatoms. The molecule has 1 aromatic heterocycles. The van der Waals surface area contributed by atoms with Gasteiger partial charge < -0.3 is 24.2 Å². The van der Waals surface area contributed by atoms with Crippen LogP contribution in [-0.2, 0) is 11.8 Å². The van der Waals surface area contributed by atoms with Crippen molar-refractivity contribution in [3.63, 3.8) is 0 Å². The number of aromatic nitrogens is 1. The second-order valence-electron chi connectivity index (χ2n) is 7.70. The molecule has 0 radical (unpaired) electrons. The summed E-state index contributed by atoms with van der Waals surface area (Å²) >= 11 is 0. The fourth-order valence-electron chi connectivity index (χ4n) is 4.04. The minimum Gasteiger partial charge on any atom is -0.396 e. The van der Waals surface area contributed by atoms with Crippen LogP contribution in [0.25, 0.3) is 11.3 Å². The molecule has 0 spiro atoms. The zero-order valence-electron chi connectivity index (χ0n) is 17.0. The molecule has 152 valence electrons. The van der Waals surface area contributed by atoms with Crippen molar-refractivity contribution >= 4 is 5.91 Å². The topological polar surface area (TPSA) is 57.9 Å². The molecule has 1 fully saturated rings. The molecule has 0 bridgehead atoms. The second kappa shape index (κ2) is 9.37. The summed E-state index contributed by atoms with van der Waals surface area (Å²) < 4.78 is 7.10. The van der Waals surface area contributed by atoms with Crippen LogP contribution in [0.1, 0.15) is 10.5 Å². The van der Waals surface area contributed by atoms with Crippen molar-refractivity contribution < 1.29 is 14.6 Å². The van der Waals surface area contributed by atoms with Crippen molar-refractivity contribution in [1.29, 1.82) is 0 Å². The van der Waals surface area contributed by atoms with Gasteiger partial charge in [-0.2, -0.15) is 0 Å². The molecule has 1 amide bonds. The molecule has 28 heavy (non-hydrogen) atoms. The minimum atomic E-state index is 0.0326. The number of likely N-dealkylation sites (N-methyl/N-ethyl adjacent to an activating group) is 1. The molecule has 1 aliphatic rings. The number of carbonyl (C=O) groups is 1. The summed E-state index contributed by atoms with van der Waals surface area (Å²) in [6.45, 7) is 3.76. The first-order valence-corrected chi connectivity index (χ1v) is 9.84. The van der Waals surface area contributed by atoms with Crippen LogP contribution in [0.15, 0.2) is 42.5 Å². The summed E-state index contributed by atoms with van der Waals surface area (Å²) in [7, 11) is 5.69. The van der Waals surface area contributed by atoms with Crippen molar-refractivity contribution in [2.24, 2.45) is 18.9 Å². The molecule has 2 heterocycles. The highest BCUT2D eigenvalue weighted by Crippen LogP contribution is 2.27. The number of amides is 1. The fraction of sp³-hybridized carbons (Fsp3) is 0.500. The van der Waals surface area contributed by atoms with Gasteiger partial charge in [0.1, 0.15) is 5.69 Å². The molecule has 2 atom stereocenters. The Morgan fingerprint density at radius 1 is 1.18 bits per heavy atom. The fourth-order valence-corrected chi connectivity index (χ4v) is 4.04. The van der Waals surface area contributed by atoms with Gasteiger partial charge in [0.25, 0.3) is 5.91 Å². The first-order chi connectivity index (χ1) is 13.5. The number of aliphatic hydroxyl groups excluding tert-OH is 1. The van der Waals surface area contributed by atoms with Gasteiger partial charge in [0, 0.05) is 58.6 Å². The van der Waals surface area contributed by atoms with Crippen LogP contribution in [0.2, 0.25) is 0 Å². The predicted molar refractivity (Wildman–Crippen MR) is 110 cm³/mol. The minimum absolute atomic E-state index is 0.0326. The van der Waals surface area contributed by atoms with E-state index in [4.69, 9.17) is 4.74 Å². The average molecular weight is 386 g/mol. The van der Waals surface area contributed by atoms with Gasteiger partial charge >= 0.3 is 0 Å². The molecule has 1 aromatic carbocycles. The van der Waals surface area contributed by atoms with E-state index in [9.17, 15) is 9.90 Å². The first kappa shape index (κ1) is 20.6. The zero-order valence-corrected chi connectivity index (χ0v) is 17.0. The van der Waals surface area contributed by atoms with E-state index < -0.39 is 0 Å². The maximum absolute atomic E-state index is 13.2. The summed E-state index contributed by atoms with van der Waals surface area (Å²) in [4.78, 5) is 17.3. The largest absolute Gasteiger partial charge is 0.396 e. The van der Waals surface area contributed by atoms with E-state index in [1.807, 2.05) is 59.0 Å². The standard InChI is InChI=1S/C22H31N3O3/c1-23(11-12-28-3)13-18-14-25(15-19(18)16-26)22(27)21-10-9-20(24(21)2)17-7-5-4-6-8-17/h4-10,18-19,26H,11-16H2,1-3H3/t18-,19-/m1/s1. The lowest BCUT2D eigenvalue weighted by molar-refractivity contribution is 0.0769. The Hall–Kier alpha value is -2.15. The van der Waals surface area contributed by atoms with Gasteiger partial charge in [0.05, 0.1) is 6.61 Å². The Labute approximate surface area is 167 Å². The molecule has 3 rings (SSSR count). The average Bonchev–Trinajstić information content (AvgIpc) is 3.30. The lowest BCUT2D eigenvalue weighted by Gasteiger charge is -2.23. The monoisotopic (exact) mass is 385 g/mol. The van der Waals surface area contributed by atoms with Crippen molar-refractivity contribution in [1.82, 2.24) is 14.4 Å². The summed E-state index contributed by atoms with van der Waals surface area (Å²) in [5, 5.41) is 9.82. The molecule has 0 unspecified atom stereocenters. The van der Waals surface area contributed by atoms with Crippen LogP contribution in [0.5, 0.6) is 0 Å². The molecule has 6 nitrogen and oxygen atoms in total. The SMILES string of the molecule is COCCN(C)C[C@@H]1CN(C(=O)c2ccc(-c3ccccc3)n2C)C[C@@H]1CO. The van der Waals surface area contributed by atoms with Crippen molar-refractivity contribution in [2.45, 2.75) is 0 Å². The van der Waals surface area contributed by atoms with Crippen molar-refractivity contribution in [3.05, 3.63) is 48.2 Å². The van der Waals surface area contributed by atoms with E-state index in [2.05, 4.69) is 11.9 Å². The van der Waals surface area contributed by atoms with E-state index in [1.165, 1.54) is 0 Å². The van der Waals surface area contributed by atoms with Crippen LogP contribution in [0, 0.1) is 11.8 Å². The Balaban J connectivity index is 1.70. The van der Waals surface area contributed by atoms with E-state index in [1.54, 1.807) is 7.11 Å². The third kappa shape index (κ3) is 4.46. The molecule has 0 aliphatic carbocycles. The summed E-state index contributed by atoms with van der Waals surface area (Å²) in [5.41, 5.74) is 2.80. The Bertz CT molecular complexity index is 775. The normalized spacial score (nSPS) is 19.5. The third-order valence-corrected chi connectivity index (χ3v) is 5.73. The predicted octanol–water partition coefficient (Wildman–Crippen LogP) is 1.95. The maximum Gasteiger partial charge on any atom is 0.270 e. The highest BCUT2D eigenvalue weighted by Gasteiger charge is 2.36. The van der Waals surface area contributed by atoms with Crippen molar-refractivity contribution in [3.8, 4) is 11.3 Å².